The van der Waals surface area contributed by atoms with E-state index in [1.807, 2.05) is 0 Å². The van der Waals surface area contributed by atoms with Gasteiger partial charge in [-0.1, -0.05) is 6.07 Å². The number of carbonyl (C=O) groups excluding carboxylic acids is 1. The van der Waals surface area contributed by atoms with E-state index in [2.05, 4.69) is 14.0 Å². The molecule has 0 saturated carbocycles. The van der Waals surface area contributed by atoms with Crippen LogP contribution >= 0.6 is 7.60 Å². The smallest absolute Gasteiger partial charge is 0.312 e. The van der Waals surface area contributed by atoms with Gasteiger partial charge in [0, 0.05) is 20.4 Å². The van der Waals surface area contributed by atoms with Gasteiger partial charge in [0.25, 0.3) is 0 Å². The van der Waals surface area contributed by atoms with Crippen LogP contribution in [0.5, 0.6) is 0 Å². The van der Waals surface area contributed by atoms with Crippen LogP contribution in [-0.4, -0.2) is 31.1 Å². The number of pyridine rings is 1. The average Bonchev–Trinajstić information content (AvgIpc) is 2.30. The van der Waals surface area contributed by atoms with Crippen molar-refractivity contribution < 1.29 is 18.4 Å². The number of hydrogen-bond donors (Lipinski definition) is 0. The first-order valence-electron chi connectivity index (χ1n) is 4.26. The SMILES string of the molecule is COP(=O)(CC(=O)c1ccccn1)OC. The molecule has 15 heavy (non-hydrogen) atoms. The lowest BCUT2D eigenvalue weighted by Gasteiger charge is -2.11. The summed E-state index contributed by atoms with van der Waals surface area (Å²) in [5.41, 5.74) is 0.256. The summed E-state index contributed by atoms with van der Waals surface area (Å²) in [6.45, 7) is 0. The molecule has 82 valence electrons. The fourth-order valence-corrected chi connectivity index (χ4v) is 1.91. The second-order valence-electron chi connectivity index (χ2n) is 2.77. The first-order chi connectivity index (χ1) is 7.11. The summed E-state index contributed by atoms with van der Waals surface area (Å²) in [5, 5.41) is 0. The molecule has 0 unspecified atom stereocenters. The first kappa shape index (κ1) is 12.0. The Morgan fingerprint density at radius 1 is 1.40 bits per heavy atom. The number of rotatable bonds is 5. The molecule has 0 N–H and O–H groups in total. The van der Waals surface area contributed by atoms with E-state index in [1.165, 1.54) is 20.4 Å². The van der Waals surface area contributed by atoms with Gasteiger partial charge in [-0.15, -0.1) is 0 Å². The highest BCUT2D eigenvalue weighted by molar-refractivity contribution is 7.54. The lowest BCUT2D eigenvalue weighted by atomic mass is 10.3. The predicted octanol–water partition coefficient (Wildman–Crippen LogP) is 1.75. The maximum Gasteiger partial charge on any atom is 0.337 e. The zero-order valence-electron chi connectivity index (χ0n) is 8.54. The van der Waals surface area contributed by atoms with Gasteiger partial charge in [0.15, 0.2) is 5.78 Å². The van der Waals surface area contributed by atoms with Crippen LogP contribution in [0, 0.1) is 0 Å². The van der Waals surface area contributed by atoms with Gasteiger partial charge in [-0.05, 0) is 12.1 Å². The van der Waals surface area contributed by atoms with E-state index >= 15 is 0 Å². The molecule has 0 fully saturated rings. The molecule has 0 atom stereocenters. The minimum Gasteiger partial charge on any atom is -0.312 e. The minimum absolute atomic E-state index is 0.256. The molecule has 0 aliphatic carbocycles. The molecule has 0 saturated heterocycles. The van der Waals surface area contributed by atoms with Crippen molar-refractivity contribution in [3.63, 3.8) is 0 Å². The van der Waals surface area contributed by atoms with E-state index in [9.17, 15) is 9.36 Å². The molecule has 0 aliphatic rings. The van der Waals surface area contributed by atoms with Crippen LogP contribution in [0.4, 0.5) is 0 Å². The van der Waals surface area contributed by atoms with Crippen molar-refractivity contribution in [2.75, 3.05) is 20.4 Å². The van der Waals surface area contributed by atoms with Crippen molar-refractivity contribution in [1.29, 1.82) is 0 Å². The monoisotopic (exact) mass is 229 g/mol. The predicted molar refractivity (Wildman–Crippen MR) is 55.1 cm³/mol. The third-order valence-electron chi connectivity index (χ3n) is 1.84. The second kappa shape index (κ2) is 5.16. The van der Waals surface area contributed by atoms with Crippen LogP contribution in [-0.2, 0) is 13.6 Å². The Morgan fingerprint density at radius 3 is 2.53 bits per heavy atom. The highest BCUT2D eigenvalue weighted by atomic mass is 31.2. The molecule has 1 rings (SSSR count). The highest BCUT2D eigenvalue weighted by Gasteiger charge is 2.26. The van der Waals surface area contributed by atoms with Crippen molar-refractivity contribution in [3.8, 4) is 0 Å². The van der Waals surface area contributed by atoms with Gasteiger partial charge < -0.3 is 9.05 Å². The molecule has 6 heteroatoms. The standard InChI is InChI=1S/C9H12NO4P/c1-13-15(12,14-2)7-9(11)8-5-3-4-6-10-8/h3-6H,7H2,1-2H3. The maximum atomic E-state index is 11.6. The summed E-state index contributed by atoms with van der Waals surface area (Å²) in [7, 11) is -0.800. The number of nitrogens with zero attached hydrogens (tertiary/aromatic N) is 1. The van der Waals surface area contributed by atoms with E-state index in [0.29, 0.717) is 0 Å². The van der Waals surface area contributed by atoms with E-state index < -0.39 is 7.60 Å². The fourth-order valence-electron chi connectivity index (χ4n) is 0.988. The van der Waals surface area contributed by atoms with Gasteiger partial charge in [-0.2, -0.15) is 0 Å². The van der Waals surface area contributed by atoms with Crippen molar-refractivity contribution in [2.45, 2.75) is 0 Å². The van der Waals surface area contributed by atoms with Crippen molar-refractivity contribution in [1.82, 2.24) is 4.98 Å². The first-order valence-corrected chi connectivity index (χ1v) is 5.99. The molecule has 1 aromatic rings. The van der Waals surface area contributed by atoms with E-state index in [-0.39, 0.29) is 17.6 Å². The lowest BCUT2D eigenvalue weighted by molar-refractivity contribution is 0.100. The number of hydrogen-bond acceptors (Lipinski definition) is 5. The van der Waals surface area contributed by atoms with E-state index in [1.54, 1.807) is 18.2 Å². The fraction of sp³-hybridized carbons (Fsp3) is 0.333. The van der Waals surface area contributed by atoms with Crippen LogP contribution in [0.2, 0.25) is 0 Å². The Bertz CT molecular complexity index is 371. The summed E-state index contributed by atoms with van der Waals surface area (Å²) < 4.78 is 21.0. The zero-order chi connectivity index (χ0) is 11.3. The molecule has 1 aromatic heterocycles. The number of carbonyl (C=O) groups is 1. The zero-order valence-corrected chi connectivity index (χ0v) is 9.44. The number of aromatic nitrogens is 1. The average molecular weight is 229 g/mol. The molecule has 0 spiro atoms. The molecular formula is C9H12NO4P. The van der Waals surface area contributed by atoms with Gasteiger partial charge in [-0.25, -0.2) is 0 Å². The molecule has 1 heterocycles. The van der Waals surface area contributed by atoms with Gasteiger partial charge in [0.2, 0.25) is 0 Å². The topological polar surface area (TPSA) is 65.5 Å². The number of ketones is 1. The third kappa shape index (κ3) is 3.23. The highest BCUT2D eigenvalue weighted by Crippen LogP contribution is 2.46. The molecular weight excluding hydrogens is 217 g/mol. The van der Waals surface area contributed by atoms with Crippen LogP contribution < -0.4 is 0 Å². The van der Waals surface area contributed by atoms with Crippen molar-refractivity contribution in [2.24, 2.45) is 0 Å². The quantitative estimate of drug-likeness (QED) is 0.568. The minimum atomic E-state index is -3.29. The Labute approximate surface area is 88.0 Å². The van der Waals surface area contributed by atoms with Crippen LogP contribution in [0.25, 0.3) is 0 Å². The van der Waals surface area contributed by atoms with Gasteiger partial charge >= 0.3 is 7.60 Å². The molecule has 0 amide bonds. The van der Waals surface area contributed by atoms with Crippen molar-refractivity contribution in [3.05, 3.63) is 30.1 Å². The Kier molecular flexibility index (Phi) is 4.15. The van der Waals surface area contributed by atoms with Crippen LogP contribution in [0.3, 0.4) is 0 Å². The molecule has 0 bridgehead atoms. The molecule has 0 aromatic carbocycles. The Hall–Kier alpha value is -1.03. The largest absolute Gasteiger partial charge is 0.337 e. The van der Waals surface area contributed by atoms with Crippen LogP contribution in [0.15, 0.2) is 24.4 Å². The van der Waals surface area contributed by atoms with E-state index in [0.717, 1.165) is 0 Å². The molecule has 0 radical (unpaired) electrons. The maximum absolute atomic E-state index is 11.6. The Balaban J connectivity index is 2.76. The normalized spacial score (nSPS) is 11.3. The van der Waals surface area contributed by atoms with Gasteiger partial charge in [0.1, 0.15) is 11.9 Å². The number of Topliss-reactive ketones (excluding diaryl/α,β-unsaturated/α-hetero) is 1. The second-order valence-corrected chi connectivity index (χ2v) is 5.04. The van der Waals surface area contributed by atoms with Crippen molar-refractivity contribution >= 4 is 13.4 Å². The third-order valence-corrected chi connectivity index (χ3v) is 3.63. The van der Waals surface area contributed by atoms with Gasteiger partial charge in [-0.3, -0.25) is 14.3 Å². The summed E-state index contributed by atoms with van der Waals surface area (Å²) in [6.07, 6.45) is 1.20. The summed E-state index contributed by atoms with van der Waals surface area (Å²) in [4.78, 5) is 15.4. The summed E-state index contributed by atoms with van der Waals surface area (Å²) in [6, 6.07) is 4.94. The lowest BCUT2D eigenvalue weighted by Crippen LogP contribution is -2.09. The van der Waals surface area contributed by atoms with Gasteiger partial charge in [0.05, 0.1) is 0 Å². The van der Waals surface area contributed by atoms with Crippen LogP contribution in [0.1, 0.15) is 10.5 Å². The van der Waals surface area contributed by atoms with E-state index in [4.69, 9.17) is 0 Å². The molecule has 0 aliphatic heterocycles. The summed E-state index contributed by atoms with van der Waals surface area (Å²) >= 11 is 0. The summed E-state index contributed by atoms with van der Waals surface area (Å²) in [5.74, 6) is -0.359. The molecule has 5 nitrogen and oxygen atoms in total. The Morgan fingerprint density at radius 2 is 2.07 bits per heavy atom.